The molecule has 2 aromatic rings. The van der Waals surface area contributed by atoms with E-state index in [0.717, 1.165) is 38.9 Å². The second-order valence-electron chi connectivity index (χ2n) is 6.54. The third-order valence-corrected chi connectivity index (χ3v) is 4.51. The minimum absolute atomic E-state index is 0.0657. The molecule has 0 saturated carbocycles. The van der Waals surface area contributed by atoms with Gasteiger partial charge in [0.2, 0.25) is 0 Å². The molecule has 3 rings (SSSR count). The Hall–Kier alpha value is -3.17. The van der Waals surface area contributed by atoms with Gasteiger partial charge in [-0.05, 0) is 43.3 Å². The van der Waals surface area contributed by atoms with Crippen LogP contribution in [-0.4, -0.2) is 61.9 Å². The lowest BCUT2D eigenvalue weighted by Gasteiger charge is -2.26. The highest BCUT2D eigenvalue weighted by atomic mass is 16.6. The Labute approximate surface area is 174 Å². The minimum atomic E-state index is -0.692. The van der Waals surface area contributed by atoms with Gasteiger partial charge in [-0.3, -0.25) is 15.0 Å². The van der Waals surface area contributed by atoms with Crippen LogP contribution >= 0.6 is 0 Å². The van der Waals surface area contributed by atoms with Crippen molar-refractivity contribution in [1.29, 1.82) is 0 Å². The van der Waals surface area contributed by atoms with E-state index in [-0.39, 0.29) is 23.6 Å². The number of carbonyl (C=O) groups is 1. The Morgan fingerprint density at radius 3 is 2.47 bits per heavy atom. The maximum absolute atomic E-state index is 12.4. The second-order valence-corrected chi connectivity index (χ2v) is 6.54. The van der Waals surface area contributed by atoms with Crippen LogP contribution < -0.4 is 14.2 Å². The predicted octanol–water partition coefficient (Wildman–Crippen LogP) is 2.92. The number of esters is 1. The number of hydrogen-bond acceptors (Lipinski definition) is 8. The van der Waals surface area contributed by atoms with E-state index in [9.17, 15) is 14.9 Å². The van der Waals surface area contributed by atoms with Gasteiger partial charge in [0.1, 0.15) is 18.1 Å². The van der Waals surface area contributed by atoms with Crippen molar-refractivity contribution >= 4 is 11.7 Å². The molecule has 1 aliphatic heterocycles. The minimum Gasteiger partial charge on any atom is -0.492 e. The fourth-order valence-corrected chi connectivity index (χ4v) is 2.95. The van der Waals surface area contributed by atoms with Gasteiger partial charge < -0.3 is 18.9 Å². The summed E-state index contributed by atoms with van der Waals surface area (Å²) in [6.07, 6.45) is 0. The SMILES string of the molecule is CCOc1ccc(C(=O)Oc2ccc(OCCN3CCOCC3)cc2)cc1[N+](=O)[O-]. The van der Waals surface area contributed by atoms with Gasteiger partial charge >= 0.3 is 11.7 Å². The summed E-state index contributed by atoms with van der Waals surface area (Å²) >= 11 is 0. The molecule has 0 aliphatic carbocycles. The summed E-state index contributed by atoms with van der Waals surface area (Å²) in [5, 5.41) is 11.2. The van der Waals surface area contributed by atoms with Crippen molar-refractivity contribution in [2.75, 3.05) is 46.1 Å². The molecule has 0 radical (unpaired) electrons. The lowest BCUT2D eigenvalue weighted by molar-refractivity contribution is -0.385. The molecular weight excluding hydrogens is 392 g/mol. The first kappa shape index (κ1) is 21.5. The lowest BCUT2D eigenvalue weighted by Crippen LogP contribution is -2.38. The van der Waals surface area contributed by atoms with Gasteiger partial charge in [0.25, 0.3) is 0 Å². The van der Waals surface area contributed by atoms with Gasteiger partial charge in [0.05, 0.1) is 30.3 Å². The zero-order valence-corrected chi connectivity index (χ0v) is 16.7. The Kier molecular flexibility index (Phi) is 7.58. The first-order chi connectivity index (χ1) is 14.6. The standard InChI is InChI=1S/C21H24N2O7/c1-2-28-20-8-3-16(15-19(20)23(25)26)21(24)30-18-6-4-17(5-7-18)29-14-11-22-9-12-27-13-10-22/h3-8,15H,2,9-14H2,1H3. The van der Waals surface area contributed by atoms with Crippen molar-refractivity contribution in [3.63, 3.8) is 0 Å². The molecule has 0 N–H and O–H groups in total. The lowest BCUT2D eigenvalue weighted by atomic mass is 10.2. The first-order valence-corrected chi connectivity index (χ1v) is 9.73. The molecule has 0 unspecified atom stereocenters. The topological polar surface area (TPSA) is 100 Å². The monoisotopic (exact) mass is 416 g/mol. The number of ether oxygens (including phenoxy) is 4. The fraction of sp³-hybridized carbons (Fsp3) is 0.381. The molecule has 160 valence electrons. The molecule has 0 bridgehead atoms. The molecular formula is C21H24N2O7. The van der Waals surface area contributed by atoms with E-state index in [1.165, 1.54) is 12.1 Å². The van der Waals surface area contributed by atoms with E-state index < -0.39 is 10.9 Å². The van der Waals surface area contributed by atoms with Crippen LogP contribution in [0, 0.1) is 10.1 Å². The molecule has 0 spiro atoms. The second kappa shape index (κ2) is 10.6. The Morgan fingerprint density at radius 2 is 1.80 bits per heavy atom. The largest absolute Gasteiger partial charge is 0.492 e. The van der Waals surface area contributed by atoms with Crippen LogP contribution in [-0.2, 0) is 4.74 Å². The van der Waals surface area contributed by atoms with Crippen molar-refractivity contribution in [3.8, 4) is 17.2 Å². The highest BCUT2D eigenvalue weighted by molar-refractivity contribution is 5.92. The summed E-state index contributed by atoms with van der Waals surface area (Å²) in [5.74, 6) is 0.400. The number of morpholine rings is 1. The number of rotatable bonds is 9. The van der Waals surface area contributed by atoms with E-state index in [4.69, 9.17) is 18.9 Å². The molecule has 0 atom stereocenters. The summed E-state index contributed by atoms with van der Waals surface area (Å²) in [7, 11) is 0. The van der Waals surface area contributed by atoms with E-state index >= 15 is 0 Å². The molecule has 1 aliphatic rings. The van der Waals surface area contributed by atoms with Crippen LogP contribution in [0.3, 0.4) is 0 Å². The van der Waals surface area contributed by atoms with E-state index in [2.05, 4.69) is 4.90 Å². The first-order valence-electron chi connectivity index (χ1n) is 9.73. The Balaban J connectivity index is 1.55. The van der Waals surface area contributed by atoms with Gasteiger partial charge in [-0.2, -0.15) is 0 Å². The van der Waals surface area contributed by atoms with Crippen LogP contribution in [0.25, 0.3) is 0 Å². The predicted molar refractivity (Wildman–Crippen MR) is 108 cm³/mol. The van der Waals surface area contributed by atoms with Gasteiger partial charge in [0, 0.05) is 25.7 Å². The number of nitro groups is 1. The molecule has 0 amide bonds. The van der Waals surface area contributed by atoms with Crippen molar-refractivity contribution < 1.29 is 28.7 Å². The number of nitrogens with zero attached hydrogens (tertiary/aromatic N) is 2. The highest BCUT2D eigenvalue weighted by Crippen LogP contribution is 2.28. The summed E-state index contributed by atoms with van der Waals surface area (Å²) in [6.45, 7) is 6.68. The molecule has 9 nitrogen and oxygen atoms in total. The van der Waals surface area contributed by atoms with Crippen molar-refractivity contribution in [2.24, 2.45) is 0 Å². The highest BCUT2D eigenvalue weighted by Gasteiger charge is 2.20. The van der Waals surface area contributed by atoms with Gasteiger partial charge in [0.15, 0.2) is 5.75 Å². The molecule has 0 aromatic heterocycles. The average Bonchev–Trinajstić information content (AvgIpc) is 2.76. The smallest absolute Gasteiger partial charge is 0.343 e. The van der Waals surface area contributed by atoms with Crippen molar-refractivity contribution in [1.82, 2.24) is 4.90 Å². The maximum atomic E-state index is 12.4. The summed E-state index contributed by atoms with van der Waals surface area (Å²) in [6, 6.07) is 10.6. The number of carbonyl (C=O) groups excluding carboxylic acids is 1. The molecule has 2 aromatic carbocycles. The van der Waals surface area contributed by atoms with Crippen molar-refractivity contribution in [3.05, 3.63) is 58.1 Å². The summed E-state index contributed by atoms with van der Waals surface area (Å²) in [5.41, 5.74) is -0.216. The van der Waals surface area contributed by atoms with Crippen LogP contribution in [0.1, 0.15) is 17.3 Å². The quantitative estimate of drug-likeness (QED) is 0.266. The molecule has 1 fully saturated rings. The average molecular weight is 416 g/mol. The van der Waals surface area contributed by atoms with E-state index in [1.807, 2.05) is 0 Å². The van der Waals surface area contributed by atoms with Crippen molar-refractivity contribution in [2.45, 2.75) is 6.92 Å². The number of benzene rings is 2. The van der Waals surface area contributed by atoms with Crippen LogP contribution in [0.15, 0.2) is 42.5 Å². The zero-order chi connectivity index (χ0) is 21.3. The van der Waals surface area contributed by atoms with Crippen LogP contribution in [0.2, 0.25) is 0 Å². The zero-order valence-electron chi connectivity index (χ0n) is 16.7. The maximum Gasteiger partial charge on any atom is 0.343 e. The van der Waals surface area contributed by atoms with Crippen LogP contribution in [0.4, 0.5) is 5.69 Å². The van der Waals surface area contributed by atoms with Crippen LogP contribution in [0.5, 0.6) is 17.2 Å². The van der Waals surface area contributed by atoms with E-state index in [0.29, 0.717) is 18.1 Å². The number of hydrogen-bond donors (Lipinski definition) is 0. The molecule has 30 heavy (non-hydrogen) atoms. The number of nitro benzene ring substituents is 1. The normalized spacial score (nSPS) is 14.2. The molecule has 9 heteroatoms. The third-order valence-electron chi connectivity index (χ3n) is 4.51. The summed E-state index contributed by atoms with van der Waals surface area (Å²) < 4.78 is 21.6. The van der Waals surface area contributed by atoms with Gasteiger partial charge in [-0.25, -0.2) is 4.79 Å². The Morgan fingerprint density at radius 1 is 1.10 bits per heavy atom. The third kappa shape index (κ3) is 5.91. The van der Waals surface area contributed by atoms with E-state index in [1.54, 1.807) is 31.2 Å². The fourth-order valence-electron chi connectivity index (χ4n) is 2.95. The molecule has 1 saturated heterocycles. The Bertz CT molecular complexity index is 864. The molecule has 1 heterocycles. The summed E-state index contributed by atoms with van der Waals surface area (Å²) in [4.78, 5) is 25.2. The van der Waals surface area contributed by atoms with Gasteiger partial charge in [-0.1, -0.05) is 0 Å². The van der Waals surface area contributed by atoms with Gasteiger partial charge in [-0.15, -0.1) is 0 Å².